The molecule has 0 saturated carbocycles. The molecule has 2 N–H and O–H groups in total. The molecule has 0 atom stereocenters. The van der Waals surface area contributed by atoms with E-state index in [2.05, 4.69) is 30.6 Å². The number of hydrogen-bond acceptors (Lipinski definition) is 5. The van der Waals surface area contributed by atoms with Crippen LogP contribution >= 0.6 is 11.6 Å². The average molecular weight is 329 g/mol. The molecular formula is C15H13ClN6O. The monoisotopic (exact) mass is 328 g/mol. The highest BCUT2D eigenvalue weighted by atomic mass is 35.5. The lowest BCUT2D eigenvalue weighted by Crippen LogP contribution is -2.28. The molecule has 3 rings (SSSR count). The van der Waals surface area contributed by atoms with Gasteiger partial charge in [0.2, 0.25) is 0 Å². The molecule has 0 bridgehead atoms. The van der Waals surface area contributed by atoms with Crippen molar-refractivity contribution in [3.05, 3.63) is 41.8 Å². The molecule has 2 amide bonds. The third-order valence-corrected chi connectivity index (χ3v) is 3.21. The molecule has 0 unspecified atom stereocenters. The summed E-state index contributed by atoms with van der Waals surface area (Å²) in [6.45, 7) is 2.37. The van der Waals surface area contributed by atoms with Crippen molar-refractivity contribution in [2.24, 2.45) is 0 Å². The highest BCUT2D eigenvalue weighted by molar-refractivity contribution is 6.29. The Labute approximate surface area is 137 Å². The number of nitrogens with zero attached hydrogens (tertiary/aromatic N) is 4. The van der Waals surface area contributed by atoms with Crippen molar-refractivity contribution in [1.82, 2.24) is 25.3 Å². The molecule has 8 heteroatoms. The molecule has 0 radical (unpaired) electrons. The lowest BCUT2D eigenvalue weighted by Gasteiger charge is -2.06. The Balaban J connectivity index is 1.96. The largest absolute Gasteiger partial charge is 0.338 e. The lowest BCUT2D eigenvalue weighted by atomic mass is 10.2. The summed E-state index contributed by atoms with van der Waals surface area (Å²) in [6, 6.07) is 6.60. The van der Waals surface area contributed by atoms with Crippen LogP contribution in [0.1, 0.15) is 6.92 Å². The van der Waals surface area contributed by atoms with Gasteiger partial charge < -0.3 is 5.32 Å². The minimum atomic E-state index is -0.315. The van der Waals surface area contributed by atoms with Gasteiger partial charge in [-0.1, -0.05) is 11.6 Å². The molecule has 0 aliphatic carbocycles. The highest BCUT2D eigenvalue weighted by Gasteiger charge is 2.07. The number of nitrogens with one attached hydrogen (secondary N) is 2. The van der Waals surface area contributed by atoms with Crippen LogP contribution in [0, 0.1) is 0 Å². The van der Waals surface area contributed by atoms with E-state index in [1.807, 2.05) is 6.92 Å². The summed E-state index contributed by atoms with van der Waals surface area (Å²) in [6.07, 6.45) is 3.25. The number of pyridine rings is 2. The first kappa shape index (κ1) is 15.1. The topological polar surface area (TPSA) is 92.7 Å². The number of aromatic nitrogens is 4. The van der Waals surface area contributed by atoms with Crippen LogP contribution in [0.3, 0.4) is 0 Å². The summed E-state index contributed by atoms with van der Waals surface area (Å²) in [5, 5.41) is 5.66. The second kappa shape index (κ2) is 6.53. The minimum Gasteiger partial charge on any atom is -0.338 e. The van der Waals surface area contributed by atoms with E-state index >= 15 is 0 Å². The maximum Gasteiger partial charge on any atom is 0.320 e. The Hall–Kier alpha value is -2.80. The van der Waals surface area contributed by atoms with Crippen LogP contribution in [0.4, 0.5) is 10.6 Å². The smallest absolute Gasteiger partial charge is 0.320 e. The van der Waals surface area contributed by atoms with Crippen molar-refractivity contribution in [2.45, 2.75) is 6.92 Å². The second-order valence-electron chi connectivity index (χ2n) is 4.65. The molecule has 0 spiro atoms. The summed E-state index contributed by atoms with van der Waals surface area (Å²) in [5.74, 6) is 0.405. The maximum absolute atomic E-state index is 11.6. The quantitative estimate of drug-likeness (QED) is 0.721. The fraction of sp³-hybridized carbons (Fsp3) is 0.133. The molecule has 0 aliphatic rings. The maximum atomic E-state index is 11.6. The summed E-state index contributed by atoms with van der Waals surface area (Å²) in [4.78, 5) is 28.6. The van der Waals surface area contributed by atoms with Crippen LogP contribution in [0.15, 0.2) is 36.7 Å². The number of carbonyl (C=O) groups excluding carboxylic acids is 1. The van der Waals surface area contributed by atoms with Crippen molar-refractivity contribution in [1.29, 1.82) is 0 Å². The van der Waals surface area contributed by atoms with Gasteiger partial charge in [0.1, 0.15) is 16.5 Å². The molecule has 0 fully saturated rings. The van der Waals surface area contributed by atoms with E-state index in [4.69, 9.17) is 11.6 Å². The van der Waals surface area contributed by atoms with E-state index in [1.54, 1.807) is 36.7 Å². The van der Waals surface area contributed by atoms with E-state index in [9.17, 15) is 4.79 Å². The van der Waals surface area contributed by atoms with Gasteiger partial charge in [0.05, 0.1) is 11.9 Å². The summed E-state index contributed by atoms with van der Waals surface area (Å²) in [5.41, 5.74) is 2.49. The molecule has 0 aliphatic heterocycles. The van der Waals surface area contributed by atoms with Crippen molar-refractivity contribution in [2.75, 3.05) is 11.9 Å². The van der Waals surface area contributed by atoms with Crippen LogP contribution in [0.5, 0.6) is 0 Å². The van der Waals surface area contributed by atoms with Gasteiger partial charge in [-0.05, 0) is 31.2 Å². The fourth-order valence-corrected chi connectivity index (χ4v) is 2.16. The predicted molar refractivity (Wildman–Crippen MR) is 88.3 cm³/mol. The third-order valence-electron chi connectivity index (χ3n) is 3.01. The first-order valence-electron chi connectivity index (χ1n) is 6.96. The average Bonchev–Trinajstić information content (AvgIpc) is 2.54. The zero-order valence-electron chi connectivity index (χ0n) is 12.2. The van der Waals surface area contributed by atoms with Crippen LogP contribution in [-0.2, 0) is 0 Å². The second-order valence-corrected chi connectivity index (χ2v) is 5.03. The Morgan fingerprint density at radius 1 is 1.22 bits per heavy atom. The van der Waals surface area contributed by atoms with E-state index in [0.717, 1.165) is 5.56 Å². The van der Waals surface area contributed by atoms with Crippen molar-refractivity contribution in [3.8, 4) is 11.3 Å². The van der Waals surface area contributed by atoms with E-state index in [0.29, 0.717) is 34.4 Å². The first-order valence-corrected chi connectivity index (χ1v) is 7.34. The predicted octanol–water partition coefficient (Wildman–Crippen LogP) is 2.88. The number of carbonyl (C=O) groups is 1. The van der Waals surface area contributed by atoms with E-state index in [1.165, 1.54) is 0 Å². The number of urea groups is 1. The molecule has 3 heterocycles. The summed E-state index contributed by atoms with van der Waals surface area (Å²) in [7, 11) is 0. The standard InChI is InChI=1S/C15H13ClN6O/c1-2-17-15(23)22-13-4-3-10-14(21-13)20-11(8-19-10)9-5-6-18-12(16)7-9/h3-8H,2H2,1H3,(H2,17,20,21,22,23). The van der Waals surface area contributed by atoms with E-state index in [-0.39, 0.29) is 6.03 Å². The van der Waals surface area contributed by atoms with E-state index < -0.39 is 0 Å². The summed E-state index contributed by atoms with van der Waals surface area (Å²) >= 11 is 5.90. The first-order chi connectivity index (χ1) is 11.2. The van der Waals surface area contributed by atoms with Crippen molar-refractivity contribution >= 4 is 34.6 Å². The van der Waals surface area contributed by atoms with Crippen LogP contribution in [-0.4, -0.2) is 32.5 Å². The number of halogens is 1. The van der Waals surface area contributed by atoms with Gasteiger partial charge in [-0.3, -0.25) is 10.3 Å². The Morgan fingerprint density at radius 2 is 2.09 bits per heavy atom. The van der Waals surface area contributed by atoms with Gasteiger partial charge in [-0.25, -0.2) is 19.7 Å². The molecular weight excluding hydrogens is 316 g/mol. The number of amides is 2. The number of hydrogen-bond donors (Lipinski definition) is 2. The molecule has 7 nitrogen and oxygen atoms in total. The molecule has 23 heavy (non-hydrogen) atoms. The van der Waals surface area contributed by atoms with Crippen molar-refractivity contribution < 1.29 is 4.79 Å². The van der Waals surface area contributed by atoms with Crippen LogP contribution in [0.25, 0.3) is 22.4 Å². The number of rotatable bonds is 3. The van der Waals surface area contributed by atoms with Crippen LogP contribution < -0.4 is 10.6 Å². The third kappa shape index (κ3) is 3.51. The number of fused-ring (bicyclic) bond motifs is 1. The van der Waals surface area contributed by atoms with Gasteiger partial charge in [-0.2, -0.15) is 0 Å². The SMILES string of the molecule is CCNC(=O)Nc1ccc2ncc(-c3ccnc(Cl)c3)nc2n1. The molecule has 3 aromatic heterocycles. The lowest BCUT2D eigenvalue weighted by molar-refractivity contribution is 0.252. The Bertz CT molecular complexity index is 869. The molecule has 0 saturated heterocycles. The molecule has 0 aromatic carbocycles. The highest BCUT2D eigenvalue weighted by Crippen LogP contribution is 2.21. The van der Waals surface area contributed by atoms with Gasteiger partial charge in [0.25, 0.3) is 0 Å². The fourth-order valence-electron chi connectivity index (χ4n) is 1.99. The molecule has 116 valence electrons. The van der Waals surface area contributed by atoms with Crippen molar-refractivity contribution in [3.63, 3.8) is 0 Å². The zero-order valence-corrected chi connectivity index (χ0v) is 13.0. The Morgan fingerprint density at radius 3 is 2.87 bits per heavy atom. The number of anilines is 1. The van der Waals surface area contributed by atoms with Crippen LogP contribution in [0.2, 0.25) is 5.15 Å². The van der Waals surface area contributed by atoms with Gasteiger partial charge in [0, 0.05) is 18.3 Å². The van der Waals surface area contributed by atoms with Gasteiger partial charge in [0.15, 0.2) is 5.65 Å². The van der Waals surface area contributed by atoms with Gasteiger partial charge >= 0.3 is 6.03 Å². The normalized spacial score (nSPS) is 10.5. The molecule has 3 aromatic rings. The zero-order chi connectivity index (χ0) is 16.2. The minimum absolute atomic E-state index is 0.315. The van der Waals surface area contributed by atoms with Gasteiger partial charge in [-0.15, -0.1) is 0 Å². The Kier molecular flexibility index (Phi) is 4.29. The summed E-state index contributed by atoms with van der Waals surface area (Å²) < 4.78 is 0.